The molecule has 0 amide bonds. The van der Waals surface area contributed by atoms with Crippen LogP contribution in [0.3, 0.4) is 0 Å². The van der Waals surface area contributed by atoms with Crippen LogP contribution in [-0.4, -0.2) is 17.9 Å². The number of nitrogens with zero attached hydrogens (tertiary/aromatic N) is 1. The van der Waals surface area contributed by atoms with Crippen LogP contribution in [0.25, 0.3) is 10.9 Å². The molecule has 4 nitrogen and oxygen atoms in total. The molecule has 1 aliphatic carbocycles. The molecule has 0 unspecified atom stereocenters. The number of aryl methyl sites for hydroxylation is 1. The predicted octanol–water partition coefficient (Wildman–Crippen LogP) is 2.21. The summed E-state index contributed by atoms with van der Waals surface area (Å²) in [6.07, 6.45) is 2.38. The maximum atomic E-state index is 6.02. The molecule has 2 N–H and O–H groups in total. The molecule has 0 spiro atoms. The van der Waals surface area contributed by atoms with Crippen molar-refractivity contribution in [3.8, 4) is 11.5 Å². The van der Waals surface area contributed by atoms with Crippen LogP contribution in [0.15, 0.2) is 12.1 Å². The zero-order chi connectivity index (χ0) is 13.2. The molecule has 2 aliphatic rings. The van der Waals surface area contributed by atoms with Gasteiger partial charge in [0.05, 0.1) is 5.52 Å². The van der Waals surface area contributed by atoms with Crippen LogP contribution in [0.2, 0.25) is 0 Å². The zero-order valence-electron chi connectivity index (χ0n) is 11.3. The Morgan fingerprint density at radius 3 is 2.58 bits per heavy atom. The fourth-order valence-electron chi connectivity index (χ4n) is 3.33. The summed E-state index contributed by atoms with van der Waals surface area (Å²) in [5.74, 6) is 1.70. The van der Waals surface area contributed by atoms with Gasteiger partial charge in [-0.3, -0.25) is 0 Å². The Bertz CT molecular complexity index is 683. The molecular weight excluding hydrogens is 240 g/mol. The second-order valence-corrected chi connectivity index (χ2v) is 5.73. The molecule has 19 heavy (non-hydrogen) atoms. The summed E-state index contributed by atoms with van der Waals surface area (Å²) in [4.78, 5) is 0. The molecule has 0 atom stereocenters. The lowest BCUT2D eigenvalue weighted by atomic mass is 9.93. The maximum absolute atomic E-state index is 6.02. The van der Waals surface area contributed by atoms with Crippen molar-refractivity contribution in [2.45, 2.75) is 25.2 Å². The molecule has 1 aromatic heterocycles. The summed E-state index contributed by atoms with van der Waals surface area (Å²) >= 11 is 0. The summed E-state index contributed by atoms with van der Waals surface area (Å²) in [7, 11) is 2.11. The van der Waals surface area contributed by atoms with Gasteiger partial charge in [-0.1, -0.05) is 0 Å². The number of fused-ring (bicyclic) bond motifs is 2. The maximum Gasteiger partial charge on any atom is 0.231 e. The van der Waals surface area contributed by atoms with Crippen LogP contribution in [0.5, 0.6) is 11.5 Å². The predicted molar refractivity (Wildman–Crippen MR) is 73.7 cm³/mol. The first kappa shape index (κ1) is 11.2. The van der Waals surface area contributed by atoms with Gasteiger partial charge in [0.1, 0.15) is 0 Å². The molecule has 4 rings (SSSR count). The van der Waals surface area contributed by atoms with Crippen LogP contribution < -0.4 is 15.2 Å². The van der Waals surface area contributed by atoms with Crippen molar-refractivity contribution < 1.29 is 9.47 Å². The topological polar surface area (TPSA) is 49.4 Å². The smallest absolute Gasteiger partial charge is 0.231 e. The summed E-state index contributed by atoms with van der Waals surface area (Å²) in [5, 5.41) is 1.27. The number of hydrogen-bond donors (Lipinski definition) is 1. The third-order valence-corrected chi connectivity index (χ3v) is 4.76. The first-order valence-electron chi connectivity index (χ1n) is 6.75. The van der Waals surface area contributed by atoms with E-state index in [-0.39, 0.29) is 5.41 Å². The lowest BCUT2D eigenvalue weighted by Gasteiger charge is -2.13. The number of hydrogen-bond acceptors (Lipinski definition) is 3. The summed E-state index contributed by atoms with van der Waals surface area (Å²) < 4.78 is 13.2. The molecule has 0 radical (unpaired) electrons. The van der Waals surface area contributed by atoms with E-state index in [1.54, 1.807) is 0 Å². The van der Waals surface area contributed by atoms with Gasteiger partial charge >= 0.3 is 0 Å². The number of nitrogens with two attached hydrogens (primary N) is 1. The van der Waals surface area contributed by atoms with Gasteiger partial charge in [-0.15, -0.1) is 0 Å². The molecular formula is C15H18N2O2. The summed E-state index contributed by atoms with van der Waals surface area (Å²) in [6.45, 7) is 3.22. The first-order chi connectivity index (χ1) is 9.16. The largest absolute Gasteiger partial charge is 0.454 e. The van der Waals surface area contributed by atoms with E-state index in [4.69, 9.17) is 15.2 Å². The van der Waals surface area contributed by atoms with E-state index in [1.165, 1.54) is 35.0 Å². The Morgan fingerprint density at radius 1 is 1.26 bits per heavy atom. The minimum Gasteiger partial charge on any atom is -0.454 e. The van der Waals surface area contributed by atoms with Gasteiger partial charge in [0.15, 0.2) is 11.5 Å². The fraction of sp³-hybridized carbons (Fsp3) is 0.467. The van der Waals surface area contributed by atoms with Crippen LogP contribution in [0, 0.1) is 6.92 Å². The third kappa shape index (κ3) is 1.32. The Labute approximate surface area is 112 Å². The van der Waals surface area contributed by atoms with Gasteiger partial charge in [-0.25, -0.2) is 0 Å². The third-order valence-electron chi connectivity index (χ3n) is 4.76. The highest BCUT2D eigenvalue weighted by Crippen LogP contribution is 2.52. The molecule has 1 aliphatic heterocycles. The molecule has 2 heterocycles. The van der Waals surface area contributed by atoms with Crippen molar-refractivity contribution in [2.24, 2.45) is 12.8 Å². The normalized spacial score (nSPS) is 19.1. The number of rotatable bonds is 2. The highest BCUT2D eigenvalue weighted by molar-refractivity contribution is 5.90. The van der Waals surface area contributed by atoms with Crippen molar-refractivity contribution >= 4 is 10.9 Å². The molecule has 100 valence electrons. The van der Waals surface area contributed by atoms with E-state index in [0.717, 1.165) is 18.0 Å². The molecule has 1 saturated carbocycles. The van der Waals surface area contributed by atoms with E-state index in [0.29, 0.717) is 6.79 Å². The van der Waals surface area contributed by atoms with Crippen molar-refractivity contribution in [1.82, 2.24) is 4.57 Å². The highest BCUT2D eigenvalue weighted by Gasteiger charge is 2.46. The Hall–Kier alpha value is -1.68. The van der Waals surface area contributed by atoms with Gasteiger partial charge in [-0.2, -0.15) is 0 Å². The molecule has 4 heteroatoms. The average Bonchev–Trinajstić information content (AvgIpc) is 3.00. The molecule has 1 fully saturated rings. The number of aromatic nitrogens is 1. The zero-order valence-corrected chi connectivity index (χ0v) is 11.3. The van der Waals surface area contributed by atoms with Crippen molar-refractivity contribution in [3.63, 3.8) is 0 Å². The van der Waals surface area contributed by atoms with Gasteiger partial charge in [-0.05, 0) is 31.4 Å². The van der Waals surface area contributed by atoms with Crippen LogP contribution in [0.1, 0.15) is 24.1 Å². The summed E-state index contributed by atoms with van der Waals surface area (Å²) in [5.41, 5.74) is 10.1. The summed E-state index contributed by atoms with van der Waals surface area (Å²) in [6, 6.07) is 4.20. The minimum atomic E-state index is 0.192. The molecule has 1 aromatic carbocycles. The Balaban J connectivity index is 2.05. The van der Waals surface area contributed by atoms with Gasteiger partial charge < -0.3 is 19.8 Å². The monoisotopic (exact) mass is 258 g/mol. The van der Waals surface area contributed by atoms with Crippen molar-refractivity contribution in [1.29, 1.82) is 0 Å². The quantitative estimate of drug-likeness (QED) is 0.898. The molecule has 2 aromatic rings. The lowest BCUT2D eigenvalue weighted by molar-refractivity contribution is 0.174. The highest BCUT2D eigenvalue weighted by atomic mass is 16.7. The molecule has 0 saturated heterocycles. The standard InChI is InChI=1S/C15H18N2O2/c1-9-14(15(7-16)3-4-15)10-5-12-13(19-8-18-12)6-11(10)17(9)2/h5-6H,3-4,7-8,16H2,1-2H3. The van der Waals surface area contributed by atoms with E-state index in [9.17, 15) is 0 Å². The number of ether oxygens (including phenoxy) is 2. The first-order valence-corrected chi connectivity index (χ1v) is 6.75. The van der Waals surface area contributed by atoms with E-state index >= 15 is 0 Å². The Morgan fingerprint density at radius 2 is 1.95 bits per heavy atom. The lowest BCUT2D eigenvalue weighted by Crippen LogP contribution is -2.20. The average molecular weight is 258 g/mol. The van der Waals surface area contributed by atoms with Crippen molar-refractivity contribution in [2.75, 3.05) is 13.3 Å². The van der Waals surface area contributed by atoms with E-state index in [2.05, 4.69) is 30.7 Å². The minimum absolute atomic E-state index is 0.192. The van der Waals surface area contributed by atoms with Crippen molar-refractivity contribution in [3.05, 3.63) is 23.4 Å². The second kappa shape index (κ2) is 3.45. The fourth-order valence-corrected chi connectivity index (χ4v) is 3.33. The molecule has 0 bridgehead atoms. The second-order valence-electron chi connectivity index (χ2n) is 5.73. The van der Waals surface area contributed by atoms with Crippen LogP contribution in [-0.2, 0) is 12.5 Å². The van der Waals surface area contributed by atoms with Gasteiger partial charge in [0, 0.05) is 36.2 Å². The van der Waals surface area contributed by atoms with Gasteiger partial charge in [0.25, 0.3) is 0 Å². The van der Waals surface area contributed by atoms with Crippen LogP contribution in [0.4, 0.5) is 0 Å². The Kier molecular flexibility index (Phi) is 2.03. The SMILES string of the molecule is Cc1c(C2(CN)CC2)c2cc3c(cc2n1C)OCO3. The van der Waals surface area contributed by atoms with Crippen LogP contribution >= 0.6 is 0 Å². The number of benzene rings is 1. The van der Waals surface area contributed by atoms with E-state index < -0.39 is 0 Å². The van der Waals surface area contributed by atoms with E-state index in [1.807, 2.05) is 0 Å². The van der Waals surface area contributed by atoms with Gasteiger partial charge in [0.2, 0.25) is 6.79 Å².